The molecule has 3 rings (SSSR count). The van der Waals surface area contributed by atoms with Crippen LogP contribution in [0.4, 0.5) is 0 Å². The van der Waals surface area contributed by atoms with Crippen LogP contribution in [0.5, 0.6) is 5.75 Å². The fourth-order valence-electron chi connectivity index (χ4n) is 2.39. The Bertz CT molecular complexity index is 1130. The van der Waals surface area contributed by atoms with Crippen LogP contribution in [0.1, 0.15) is 23.2 Å². The second kappa shape index (κ2) is 7.82. The molecular weight excluding hydrogens is 472 g/mol. The molecule has 28 heavy (non-hydrogen) atoms. The Balaban J connectivity index is 1.85. The zero-order valence-electron chi connectivity index (χ0n) is 14.5. The third-order valence-corrected chi connectivity index (χ3v) is 7.18. The van der Waals surface area contributed by atoms with E-state index in [0.717, 1.165) is 25.0 Å². The second-order valence-corrected chi connectivity index (χ2v) is 10.4. The molecule has 0 aliphatic heterocycles. The average molecular weight is 489 g/mol. The highest BCUT2D eigenvalue weighted by Gasteiger charge is 2.27. The van der Waals surface area contributed by atoms with Gasteiger partial charge >= 0.3 is 0 Å². The van der Waals surface area contributed by atoms with Crippen molar-refractivity contribution in [2.45, 2.75) is 22.6 Å². The number of nitrogens with one attached hydrogen (secondary N) is 1. The minimum absolute atomic E-state index is 0.0469. The number of primary sulfonamides is 1. The highest BCUT2D eigenvalue weighted by atomic mass is 79.9. The molecule has 0 spiro atoms. The first-order valence-electron chi connectivity index (χ1n) is 8.19. The molecule has 0 unspecified atom stereocenters. The van der Waals surface area contributed by atoms with Crippen molar-refractivity contribution in [1.82, 2.24) is 4.72 Å². The fraction of sp³-hybridized carbons (Fsp3) is 0.235. The Hall–Kier alpha value is -1.95. The van der Waals surface area contributed by atoms with Gasteiger partial charge in [-0.1, -0.05) is 12.1 Å². The van der Waals surface area contributed by atoms with E-state index in [-0.39, 0.29) is 5.56 Å². The summed E-state index contributed by atoms with van der Waals surface area (Å²) in [6.07, 6.45) is 2.19. The number of carbonyl (C=O) groups excluding carboxylic acids is 1. The quantitative estimate of drug-likeness (QED) is 0.612. The number of halogens is 1. The molecule has 11 heteroatoms. The number of nitrogens with two attached hydrogens (primary N) is 1. The number of rotatable bonds is 7. The molecule has 3 N–H and O–H groups in total. The molecule has 0 radical (unpaired) electrons. The first-order valence-corrected chi connectivity index (χ1v) is 12.0. The van der Waals surface area contributed by atoms with Crippen molar-refractivity contribution in [3.8, 4) is 5.75 Å². The summed E-state index contributed by atoms with van der Waals surface area (Å²) in [6, 6.07) is 9.18. The van der Waals surface area contributed by atoms with Crippen LogP contribution in [0.3, 0.4) is 0 Å². The summed E-state index contributed by atoms with van der Waals surface area (Å²) in [5.74, 6) is -0.00523. The van der Waals surface area contributed by atoms with Crippen LogP contribution in [0.2, 0.25) is 0 Å². The van der Waals surface area contributed by atoms with Gasteiger partial charge in [-0.3, -0.25) is 4.79 Å². The predicted octanol–water partition coefficient (Wildman–Crippen LogP) is 2.00. The van der Waals surface area contributed by atoms with Crippen LogP contribution < -0.4 is 14.6 Å². The fourth-order valence-corrected chi connectivity index (χ4v) is 5.11. The van der Waals surface area contributed by atoms with Crippen molar-refractivity contribution in [2.75, 3.05) is 6.61 Å². The summed E-state index contributed by atoms with van der Waals surface area (Å²) in [7, 11) is -8.77. The molecule has 0 bridgehead atoms. The van der Waals surface area contributed by atoms with Crippen molar-refractivity contribution in [2.24, 2.45) is 11.1 Å². The van der Waals surface area contributed by atoms with E-state index >= 15 is 0 Å². The molecule has 2 aromatic rings. The Morgan fingerprint density at radius 1 is 1.11 bits per heavy atom. The maximum absolute atomic E-state index is 12.6. The predicted molar refractivity (Wildman–Crippen MR) is 105 cm³/mol. The normalized spacial score (nSPS) is 14.5. The number of ether oxygens (including phenoxy) is 1. The van der Waals surface area contributed by atoms with E-state index in [1.54, 1.807) is 6.07 Å². The van der Waals surface area contributed by atoms with Gasteiger partial charge in [0.2, 0.25) is 10.0 Å². The molecule has 0 aromatic heterocycles. The summed E-state index contributed by atoms with van der Waals surface area (Å²) in [4.78, 5) is 11.3. The Morgan fingerprint density at radius 3 is 2.36 bits per heavy atom. The first-order chi connectivity index (χ1) is 13.1. The van der Waals surface area contributed by atoms with Crippen LogP contribution in [0, 0.1) is 5.92 Å². The van der Waals surface area contributed by atoms with Gasteiger partial charge in [0.25, 0.3) is 15.9 Å². The van der Waals surface area contributed by atoms with E-state index in [2.05, 4.69) is 15.9 Å². The van der Waals surface area contributed by atoms with Gasteiger partial charge in [-0.05, 0) is 65.0 Å². The Morgan fingerprint density at radius 2 is 1.75 bits per heavy atom. The van der Waals surface area contributed by atoms with Crippen LogP contribution >= 0.6 is 15.9 Å². The number of hydrogen-bond donors (Lipinski definition) is 2. The third-order valence-electron chi connectivity index (χ3n) is 4.04. The van der Waals surface area contributed by atoms with Crippen LogP contribution in [-0.2, 0) is 20.0 Å². The smallest absolute Gasteiger partial charge is 0.265 e. The molecule has 150 valence electrons. The molecule has 0 heterocycles. The standard InChI is InChI=1S/C17H17BrN2O6S2/c18-13-8-7-12(9-14(13)26-10-11-5-6-11)17(21)20-28(24,25)16-4-2-1-3-15(16)27(19,22)23/h1-4,7-9,11H,5-6,10H2,(H,20,21)(H2,19,22,23). The second-order valence-electron chi connectivity index (χ2n) is 6.33. The third kappa shape index (κ3) is 4.90. The molecule has 8 nitrogen and oxygen atoms in total. The molecule has 1 fully saturated rings. The van der Waals surface area contributed by atoms with Gasteiger partial charge < -0.3 is 4.74 Å². The summed E-state index contributed by atoms with van der Waals surface area (Å²) in [5, 5.41) is 5.07. The Labute approximate surface area is 171 Å². The number of carbonyl (C=O) groups is 1. The van der Waals surface area contributed by atoms with Crippen molar-refractivity contribution in [1.29, 1.82) is 0 Å². The minimum atomic E-state index is -4.47. The lowest BCUT2D eigenvalue weighted by Gasteiger charge is -2.12. The lowest BCUT2D eigenvalue weighted by Crippen LogP contribution is -2.32. The monoisotopic (exact) mass is 488 g/mol. The lowest BCUT2D eigenvalue weighted by atomic mass is 10.2. The SMILES string of the molecule is NS(=O)(=O)c1ccccc1S(=O)(=O)NC(=O)c1ccc(Br)c(OCC2CC2)c1. The van der Waals surface area contributed by atoms with E-state index in [9.17, 15) is 21.6 Å². The number of hydrogen-bond acceptors (Lipinski definition) is 6. The van der Waals surface area contributed by atoms with E-state index in [4.69, 9.17) is 9.88 Å². The zero-order chi connectivity index (χ0) is 20.5. The van der Waals surface area contributed by atoms with Gasteiger partial charge in [-0.15, -0.1) is 0 Å². The van der Waals surface area contributed by atoms with E-state index in [1.165, 1.54) is 24.3 Å². The highest BCUT2D eigenvalue weighted by molar-refractivity contribution is 9.10. The van der Waals surface area contributed by atoms with Gasteiger partial charge in [-0.25, -0.2) is 26.7 Å². The summed E-state index contributed by atoms with van der Waals surface area (Å²) >= 11 is 3.32. The Kier molecular flexibility index (Phi) is 5.80. The average Bonchev–Trinajstić information content (AvgIpc) is 3.44. The molecule has 0 saturated heterocycles. The van der Waals surface area contributed by atoms with Crippen LogP contribution in [-0.4, -0.2) is 29.3 Å². The maximum atomic E-state index is 12.6. The van der Waals surface area contributed by atoms with Crippen molar-refractivity contribution in [3.63, 3.8) is 0 Å². The molecule has 1 aliphatic carbocycles. The highest BCUT2D eigenvalue weighted by Crippen LogP contribution is 2.32. The molecular formula is C17H17BrN2O6S2. The van der Waals surface area contributed by atoms with Crippen molar-refractivity contribution >= 4 is 41.9 Å². The molecule has 1 amide bonds. The number of benzene rings is 2. The van der Waals surface area contributed by atoms with E-state index in [1.807, 2.05) is 4.72 Å². The summed E-state index contributed by atoms with van der Waals surface area (Å²) in [5.41, 5.74) is 0.0469. The minimum Gasteiger partial charge on any atom is -0.492 e. The van der Waals surface area contributed by atoms with Gasteiger partial charge in [0.05, 0.1) is 11.1 Å². The van der Waals surface area contributed by atoms with Gasteiger partial charge in [-0.2, -0.15) is 0 Å². The molecule has 1 aliphatic rings. The topological polar surface area (TPSA) is 133 Å². The maximum Gasteiger partial charge on any atom is 0.265 e. The zero-order valence-corrected chi connectivity index (χ0v) is 17.7. The van der Waals surface area contributed by atoms with Crippen LogP contribution in [0.15, 0.2) is 56.7 Å². The van der Waals surface area contributed by atoms with Gasteiger partial charge in [0.1, 0.15) is 15.5 Å². The molecule has 0 atom stereocenters. The van der Waals surface area contributed by atoms with Gasteiger partial charge in [0, 0.05) is 5.56 Å². The molecule has 1 saturated carbocycles. The largest absolute Gasteiger partial charge is 0.492 e. The summed E-state index contributed by atoms with van der Waals surface area (Å²) in [6.45, 7) is 0.518. The lowest BCUT2D eigenvalue weighted by molar-refractivity contribution is 0.0980. The number of amides is 1. The van der Waals surface area contributed by atoms with Crippen molar-refractivity contribution in [3.05, 3.63) is 52.5 Å². The van der Waals surface area contributed by atoms with Gasteiger partial charge in [0.15, 0.2) is 0 Å². The van der Waals surface area contributed by atoms with Crippen molar-refractivity contribution < 1.29 is 26.4 Å². The molecule has 2 aromatic carbocycles. The van der Waals surface area contributed by atoms with Crippen LogP contribution in [0.25, 0.3) is 0 Å². The van der Waals surface area contributed by atoms with E-state index in [0.29, 0.717) is 22.7 Å². The number of sulfonamides is 2. The summed E-state index contributed by atoms with van der Waals surface area (Å²) < 4.78 is 56.6. The first kappa shape index (κ1) is 20.8. The van der Waals surface area contributed by atoms with E-state index < -0.39 is 35.7 Å².